The van der Waals surface area contributed by atoms with Gasteiger partial charge in [-0.1, -0.05) is 17.7 Å². The quantitative estimate of drug-likeness (QED) is 0.380. The number of halogens is 1. The van der Waals surface area contributed by atoms with Crippen LogP contribution < -0.4 is 20.7 Å². The molecule has 1 saturated heterocycles. The smallest absolute Gasteiger partial charge is 0.323 e. The Morgan fingerprint density at radius 1 is 1.05 bits per heavy atom. The molecule has 0 aliphatic carbocycles. The van der Waals surface area contributed by atoms with Gasteiger partial charge in [-0.05, 0) is 73.4 Å². The number of nitrogens with zero attached hydrogens (tertiary/aromatic N) is 2. The summed E-state index contributed by atoms with van der Waals surface area (Å²) in [5.41, 5.74) is 2.45. The van der Waals surface area contributed by atoms with Crippen molar-refractivity contribution in [2.75, 3.05) is 30.8 Å². The van der Waals surface area contributed by atoms with E-state index in [1.54, 1.807) is 66.8 Å². The lowest BCUT2D eigenvalue weighted by Crippen LogP contribution is -2.54. The second-order valence-corrected chi connectivity index (χ2v) is 10.6. The number of hydrogen-bond donors (Lipinski definition) is 3. The SMILES string of the molecule is CN1C(=O)c2cc(NC(=O)Nc3cccc(Cl)c3)ccc2OC[C@H]2O[C@@H](CC(=O)NCCc3ccncc3)CC[C@@H]21. The van der Waals surface area contributed by atoms with Gasteiger partial charge in [0.05, 0.1) is 24.1 Å². The van der Waals surface area contributed by atoms with Gasteiger partial charge in [-0.2, -0.15) is 0 Å². The van der Waals surface area contributed by atoms with E-state index in [1.165, 1.54) is 0 Å². The van der Waals surface area contributed by atoms with Crippen LogP contribution in [0.4, 0.5) is 16.2 Å². The van der Waals surface area contributed by atoms with Gasteiger partial charge in [-0.3, -0.25) is 14.6 Å². The number of amides is 4. The molecule has 41 heavy (non-hydrogen) atoms. The number of nitrogens with one attached hydrogen (secondary N) is 3. The van der Waals surface area contributed by atoms with Crippen LogP contribution >= 0.6 is 11.6 Å². The molecular weight excluding hydrogens is 546 g/mol. The molecule has 11 heteroatoms. The number of urea groups is 1. The summed E-state index contributed by atoms with van der Waals surface area (Å²) < 4.78 is 12.3. The second kappa shape index (κ2) is 13.0. The van der Waals surface area contributed by atoms with E-state index in [-0.39, 0.29) is 43.1 Å². The predicted octanol–water partition coefficient (Wildman–Crippen LogP) is 4.51. The fourth-order valence-electron chi connectivity index (χ4n) is 5.14. The lowest BCUT2D eigenvalue weighted by molar-refractivity contribution is -0.134. The van der Waals surface area contributed by atoms with Gasteiger partial charge in [0.2, 0.25) is 5.91 Å². The van der Waals surface area contributed by atoms with E-state index in [1.807, 2.05) is 12.1 Å². The zero-order valence-electron chi connectivity index (χ0n) is 22.6. The van der Waals surface area contributed by atoms with Gasteiger partial charge in [-0.25, -0.2) is 4.79 Å². The van der Waals surface area contributed by atoms with Crippen molar-refractivity contribution >= 4 is 40.8 Å². The molecule has 0 unspecified atom stereocenters. The van der Waals surface area contributed by atoms with Crippen LogP contribution in [0.25, 0.3) is 0 Å². The number of hydrogen-bond acceptors (Lipinski definition) is 6. The summed E-state index contributed by atoms with van der Waals surface area (Å²) in [4.78, 5) is 44.2. The minimum absolute atomic E-state index is 0.0662. The minimum Gasteiger partial charge on any atom is -0.490 e. The van der Waals surface area contributed by atoms with Crippen LogP contribution in [0.1, 0.15) is 35.2 Å². The van der Waals surface area contributed by atoms with Crippen LogP contribution in [0, 0.1) is 0 Å². The van der Waals surface area contributed by atoms with E-state index in [2.05, 4.69) is 20.9 Å². The standard InChI is InChI=1S/C30H32ClN5O5/c1-36-25-7-6-23(17-28(37)33-14-11-19-9-12-32-13-10-19)41-27(25)18-40-26-8-5-22(16-24(26)29(36)38)35-30(39)34-21-4-2-3-20(31)15-21/h2-5,8-10,12-13,15-16,23,25,27H,6-7,11,14,17-18H2,1H3,(H,33,37)(H2,34,35,39)/t23-,25+,27-/m1/s1. The van der Waals surface area contributed by atoms with Crippen molar-refractivity contribution in [1.29, 1.82) is 0 Å². The summed E-state index contributed by atoms with van der Waals surface area (Å²) >= 11 is 5.99. The molecule has 2 aliphatic heterocycles. The van der Waals surface area contributed by atoms with Gasteiger partial charge >= 0.3 is 6.03 Å². The fraction of sp³-hybridized carbons (Fsp3) is 0.333. The maximum Gasteiger partial charge on any atom is 0.323 e. The molecule has 1 fully saturated rings. The summed E-state index contributed by atoms with van der Waals surface area (Å²) in [6.07, 6.45) is 5.15. The van der Waals surface area contributed by atoms with Gasteiger partial charge in [0.1, 0.15) is 18.5 Å². The number of aromatic nitrogens is 1. The second-order valence-electron chi connectivity index (χ2n) is 10.1. The molecule has 3 aromatic rings. The van der Waals surface area contributed by atoms with Crippen molar-refractivity contribution in [1.82, 2.24) is 15.2 Å². The summed E-state index contributed by atoms with van der Waals surface area (Å²) in [5.74, 6) is 0.105. The van der Waals surface area contributed by atoms with Gasteiger partial charge in [0.25, 0.3) is 5.91 Å². The highest BCUT2D eigenvalue weighted by Crippen LogP contribution is 2.32. The van der Waals surface area contributed by atoms with Crippen molar-refractivity contribution in [3.8, 4) is 5.75 Å². The average Bonchev–Trinajstić information content (AvgIpc) is 2.96. The Balaban J connectivity index is 1.17. The zero-order valence-corrected chi connectivity index (χ0v) is 23.4. The lowest BCUT2D eigenvalue weighted by atomic mass is 9.94. The first kappa shape index (κ1) is 28.4. The Morgan fingerprint density at radius 3 is 2.61 bits per heavy atom. The molecule has 0 bridgehead atoms. The first-order valence-corrected chi connectivity index (χ1v) is 13.9. The van der Waals surface area contributed by atoms with Gasteiger partial charge in [0.15, 0.2) is 0 Å². The van der Waals surface area contributed by atoms with E-state index >= 15 is 0 Å². The number of benzene rings is 2. The summed E-state index contributed by atoms with van der Waals surface area (Å²) in [6, 6.07) is 14.9. The van der Waals surface area contributed by atoms with E-state index in [9.17, 15) is 14.4 Å². The number of rotatable bonds is 7. The monoisotopic (exact) mass is 577 g/mol. The third kappa shape index (κ3) is 7.33. The Morgan fingerprint density at radius 2 is 1.83 bits per heavy atom. The minimum atomic E-state index is -0.465. The number of carbonyl (C=O) groups is 3. The highest BCUT2D eigenvalue weighted by atomic mass is 35.5. The molecule has 2 aromatic carbocycles. The van der Waals surface area contributed by atoms with Crippen LogP contribution in [-0.2, 0) is 16.0 Å². The fourth-order valence-corrected chi connectivity index (χ4v) is 5.33. The highest BCUT2D eigenvalue weighted by molar-refractivity contribution is 6.30. The van der Waals surface area contributed by atoms with Crippen LogP contribution in [0.3, 0.4) is 0 Å². The van der Waals surface area contributed by atoms with Crippen molar-refractivity contribution < 1.29 is 23.9 Å². The number of fused-ring (bicyclic) bond motifs is 2. The molecule has 3 atom stereocenters. The molecule has 3 N–H and O–H groups in total. The number of likely N-dealkylation sites (N-methyl/N-ethyl adjacent to an activating group) is 1. The highest BCUT2D eigenvalue weighted by Gasteiger charge is 2.39. The molecule has 3 heterocycles. The molecule has 2 aliphatic rings. The topological polar surface area (TPSA) is 122 Å². The predicted molar refractivity (Wildman–Crippen MR) is 155 cm³/mol. The molecule has 10 nitrogen and oxygen atoms in total. The van der Waals surface area contributed by atoms with Crippen LogP contribution in [-0.4, -0.2) is 66.2 Å². The summed E-state index contributed by atoms with van der Waals surface area (Å²) in [5, 5.41) is 8.94. The molecular formula is C30H32ClN5O5. The van der Waals surface area contributed by atoms with Gasteiger partial charge < -0.3 is 30.3 Å². The van der Waals surface area contributed by atoms with Crippen LogP contribution in [0.5, 0.6) is 5.75 Å². The third-order valence-electron chi connectivity index (χ3n) is 7.25. The zero-order chi connectivity index (χ0) is 28.8. The maximum atomic E-state index is 13.5. The van der Waals surface area contributed by atoms with Crippen molar-refractivity contribution in [2.45, 2.75) is 43.9 Å². The molecule has 0 radical (unpaired) electrons. The Kier molecular flexibility index (Phi) is 9.01. The lowest BCUT2D eigenvalue weighted by Gasteiger charge is -2.42. The third-order valence-corrected chi connectivity index (χ3v) is 7.49. The molecule has 5 rings (SSSR count). The van der Waals surface area contributed by atoms with Crippen LogP contribution in [0.2, 0.25) is 5.02 Å². The number of ether oxygens (including phenoxy) is 2. The van der Waals surface area contributed by atoms with E-state index in [0.717, 1.165) is 12.0 Å². The summed E-state index contributed by atoms with van der Waals surface area (Å²) in [7, 11) is 1.75. The molecule has 0 saturated carbocycles. The molecule has 0 spiro atoms. The van der Waals surface area contributed by atoms with Crippen molar-refractivity contribution in [3.05, 3.63) is 83.1 Å². The average molecular weight is 578 g/mol. The van der Waals surface area contributed by atoms with Crippen LogP contribution in [0.15, 0.2) is 67.0 Å². The number of anilines is 2. The normalized spacial score (nSPS) is 20.0. The molecule has 1 aromatic heterocycles. The summed E-state index contributed by atoms with van der Waals surface area (Å²) in [6.45, 7) is 0.773. The van der Waals surface area contributed by atoms with Crippen molar-refractivity contribution in [3.63, 3.8) is 0 Å². The number of pyridine rings is 1. The van der Waals surface area contributed by atoms with E-state index in [0.29, 0.717) is 47.1 Å². The van der Waals surface area contributed by atoms with Gasteiger partial charge in [0, 0.05) is 42.4 Å². The van der Waals surface area contributed by atoms with Gasteiger partial charge in [-0.15, -0.1) is 0 Å². The van der Waals surface area contributed by atoms with E-state index < -0.39 is 6.03 Å². The number of carbonyl (C=O) groups excluding carboxylic acids is 3. The molecule has 4 amide bonds. The largest absolute Gasteiger partial charge is 0.490 e. The Bertz CT molecular complexity index is 1410. The maximum absolute atomic E-state index is 13.5. The first-order valence-electron chi connectivity index (χ1n) is 13.5. The Labute approximate surface area is 243 Å². The Hall–Kier alpha value is -4.15. The van der Waals surface area contributed by atoms with Crippen molar-refractivity contribution in [2.24, 2.45) is 0 Å². The first-order chi connectivity index (χ1) is 19.9. The van der Waals surface area contributed by atoms with E-state index in [4.69, 9.17) is 21.1 Å². The molecule has 214 valence electrons.